The maximum Gasteiger partial charge on any atom is 0.329 e. The number of cyclic esters (lactones) is 4. The van der Waals surface area contributed by atoms with Gasteiger partial charge in [0.15, 0.2) is 24.4 Å². The first-order valence-electron chi connectivity index (χ1n) is 28.7. The minimum atomic E-state index is -1.66. The molecule has 0 saturated carbocycles. The Bertz CT molecular complexity index is 2860. The molecule has 0 aliphatic carbocycles. The number of ether oxygens (including phenoxy) is 4. The lowest BCUT2D eigenvalue weighted by molar-refractivity contribution is -0.385. The quantitative estimate of drug-likeness (QED) is 0.0479. The number of esters is 4. The molecule has 2 aromatic heterocycles. The van der Waals surface area contributed by atoms with Crippen molar-refractivity contribution in [1.29, 1.82) is 0 Å². The van der Waals surface area contributed by atoms with Gasteiger partial charge in [-0.2, -0.15) is 10.2 Å². The zero-order valence-corrected chi connectivity index (χ0v) is 51.5. The molecular weight excluding hydrogens is 1120 g/mol. The van der Waals surface area contributed by atoms with Crippen LogP contribution < -0.4 is 0 Å². The van der Waals surface area contributed by atoms with Crippen molar-refractivity contribution in [2.75, 3.05) is 28.2 Å². The number of likely N-dealkylation sites (N-methyl/N-ethyl adjacent to an activating group) is 4. The van der Waals surface area contributed by atoms with Crippen LogP contribution >= 0.6 is 0 Å². The predicted octanol–water partition coefficient (Wildman–Crippen LogP) is 5.97. The molecule has 26 heteroatoms. The molecular formula is C60H82N10O16. The van der Waals surface area contributed by atoms with Crippen LogP contribution in [-0.2, 0) is 83.2 Å². The topological polar surface area (TPSA) is 308 Å². The van der Waals surface area contributed by atoms with Gasteiger partial charge < -0.3 is 38.5 Å². The Labute approximate surface area is 500 Å². The lowest BCUT2D eigenvalue weighted by atomic mass is 9.99. The van der Waals surface area contributed by atoms with Gasteiger partial charge in [-0.25, -0.2) is 19.2 Å². The standard InChI is InChI=1S/C60H82N10O16/c1-35(2)21-47-57(75)83-39(9)53(71)63(11)50(24-38(7)8)60(78)86-52(28-42-18-16-20-44(26-42)32-68-34-46(30-62-68)70(81)82)56(74)66(14)48(22-36(3)4)58(76)84-40(10)54(72)64(12)49(23-37(5)6)59(77)85-51(55(73)65(47)13)27-41-17-15-19-43(25-41)31-67-33-45(29-61-67)69(79)80/h15-20,25-26,29-30,33-40,47-52H,21-24,27-28,31-32H2,1-14H3/t39-,40-,47+,48+,49+,50+,51-,52-/m1/s1. The van der Waals surface area contributed by atoms with E-state index in [0.29, 0.717) is 22.3 Å². The Balaban J connectivity index is 1.61. The number of nitrogens with zero attached hydrogens (tertiary/aromatic N) is 10. The number of carbonyl (C=O) groups excluding carboxylic acids is 8. The average molecular weight is 1200 g/mol. The number of amides is 4. The van der Waals surface area contributed by atoms with Gasteiger partial charge in [-0.15, -0.1) is 0 Å². The van der Waals surface area contributed by atoms with Gasteiger partial charge in [0, 0.05) is 41.0 Å². The van der Waals surface area contributed by atoms with Gasteiger partial charge in [-0.3, -0.25) is 48.8 Å². The highest BCUT2D eigenvalue weighted by atomic mass is 16.6. The highest BCUT2D eigenvalue weighted by molar-refractivity contribution is 5.94. The minimum Gasteiger partial charge on any atom is -0.451 e. The summed E-state index contributed by atoms with van der Waals surface area (Å²) in [5.74, 6) is -8.39. The molecule has 3 heterocycles. The van der Waals surface area contributed by atoms with E-state index in [1.807, 2.05) is 0 Å². The fourth-order valence-electron chi connectivity index (χ4n) is 10.1. The Morgan fingerprint density at radius 1 is 0.453 bits per heavy atom. The van der Waals surface area contributed by atoms with E-state index in [-0.39, 0.29) is 86.7 Å². The van der Waals surface area contributed by atoms with Gasteiger partial charge in [0.25, 0.3) is 23.6 Å². The zero-order chi connectivity index (χ0) is 64.0. The second-order valence-corrected chi connectivity index (χ2v) is 23.7. The second kappa shape index (κ2) is 30.5. The SMILES string of the molecule is CC(C)C[C@H]1C(=O)O[C@H](Cc2cccc(Cn3cc([N+](=O)[O-])cn3)c2)C(=O)N(C)[C@@H](CC(C)C)C(=O)O[C@H](C)C(=O)N(C)[C@@H](CC(C)C)C(=O)O[C@H](Cc2cccc(Cn3cc([N+](=O)[O-])cn3)c2)C(=O)N(C)[C@@H](CC(C)C)C(=O)O[C@H](C)C(=O)N1C. The summed E-state index contributed by atoms with van der Waals surface area (Å²) < 4.78 is 26.8. The monoisotopic (exact) mass is 1200 g/mol. The van der Waals surface area contributed by atoms with Crippen LogP contribution in [0.3, 0.4) is 0 Å². The van der Waals surface area contributed by atoms with E-state index in [9.17, 15) is 49.0 Å². The first-order valence-corrected chi connectivity index (χ1v) is 28.7. The van der Waals surface area contributed by atoms with Crippen molar-refractivity contribution in [3.05, 3.63) is 116 Å². The molecule has 0 bridgehead atoms. The van der Waals surface area contributed by atoms with E-state index in [1.54, 1.807) is 104 Å². The normalized spacial score (nSPS) is 22.3. The first kappa shape index (κ1) is 68.2. The molecule has 4 amide bonds. The van der Waals surface area contributed by atoms with Crippen molar-refractivity contribution in [2.45, 2.75) is 169 Å². The number of carbonyl (C=O) groups is 8. The number of hydrogen-bond donors (Lipinski definition) is 0. The third-order valence-corrected chi connectivity index (χ3v) is 14.7. The van der Waals surface area contributed by atoms with Crippen molar-refractivity contribution >= 4 is 58.9 Å². The Morgan fingerprint density at radius 3 is 1.01 bits per heavy atom. The smallest absolute Gasteiger partial charge is 0.329 e. The summed E-state index contributed by atoms with van der Waals surface area (Å²) in [7, 11) is 5.32. The van der Waals surface area contributed by atoms with Crippen LogP contribution in [0.5, 0.6) is 0 Å². The van der Waals surface area contributed by atoms with Crippen molar-refractivity contribution in [3.63, 3.8) is 0 Å². The number of rotatable bonds is 18. The van der Waals surface area contributed by atoms with E-state index in [0.717, 1.165) is 32.0 Å². The molecule has 2 aromatic carbocycles. The van der Waals surface area contributed by atoms with Gasteiger partial charge >= 0.3 is 35.3 Å². The molecule has 0 N–H and O–H groups in total. The number of nitro groups is 2. The van der Waals surface area contributed by atoms with Crippen LogP contribution in [0.2, 0.25) is 0 Å². The third-order valence-electron chi connectivity index (χ3n) is 14.7. The molecule has 1 aliphatic heterocycles. The fourth-order valence-corrected chi connectivity index (χ4v) is 10.1. The van der Waals surface area contributed by atoms with Gasteiger partial charge in [0.05, 0.1) is 22.9 Å². The van der Waals surface area contributed by atoms with Crippen molar-refractivity contribution in [1.82, 2.24) is 39.2 Å². The van der Waals surface area contributed by atoms with E-state index in [4.69, 9.17) is 18.9 Å². The molecule has 0 unspecified atom stereocenters. The molecule has 86 heavy (non-hydrogen) atoms. The van der Waals surface area contributed by atoms with E-state index < -0.39 is 106 Å². The van der Waals surface area contributed by atoms with Crippen LogP contribution in [-0.4, -0.2) is 173 Å². The third kappa shape index (κ3) is 18.7. The van der Waals surface area contributed by atoms with Gasteiger partial charge in [0.2, 0.25) is 0 Å². The van der Waals surface area contributed by atoms with Crippen LogP contribution in [0.25, 0.3) is 0 Å². The highest BCUT2D eigenvalue weighted by Gasteiger charge is 2.43. The summed E-state index contributed by atoms with van der Waals surface area (Å²) in [5, 5.41) is 31.0. The van der Waals surface area contributed by atoms with E-state index in [1.165, 1.54) is 63.8 Å². The lowest BCUT2D eigenvalue weighted by Gasteiger charge is -2.35. The number of aromatic nitrogens is 4. The summed E-state index contributed by atoms with van der Waals surface area (Å²) in [6.07, 6.45) is -2.22. The van der Waals surface area contributed by atoms with Gasteiger partial charge in [0.1, 0.15) is 49.0 Å². The highest BCUT2D eigenvalue weighted by Crippen LogP contribution is 2.25. The van der Waals surface area contributed by atoms with Crippen LogP contribution in [0, 0.1) is 43.9 Å². The van der Waals surface area contributed by atoms with Crippen molar-refractivity contribution < 1.29 is 67.2 Å². The largest absolute Gasteiger partial charge is 0.451 e. The molecule has 1 saturated heterocycles. The Morgan fingerprint density at radius 2 is 0.733 bits per heavy atom. The van der Waals surface area contributed by atoms with Gasteiger partial charge in [-0.1, -0.05) is 104 Å². The summed E-state index contributed by atoms with van der Waals surface area (Å²) in [6.45, 7) is 17.2. The number of hydrogen-bond acceptors (Lipinski definition) is 18. The maximum absolute atomic E-state index is 15.1. The fraction of sp³-hybridized carbons (Fsp3) is 0.567. The number of benzene rings is 2. The molecule has 4 aromatic rings. The lowest BCUT2D eigenvalue weighted by Crippen LogP contribution is -2.55. The molecule has 0 radical (unpaired) electrons. The van der Waals surface area contributed by atoms with Crippen LogP contribution in [0.4, 0.5) is 11.4 Å². The summed E-state index contributed by atoms with van der Waals surface area (Å²) >= 11 is 0. The van der Waals surface area contributed by atoms with Crippen molar-refractivity contribution in [3.8, 4) is 0 Å². The maximum atomic E-state index is 15.1. The summed E-state index contributed by atoms with van der Waals surface area (Å²) in [4.78, 5) is 144. The van der Waals surface area contributed by atoms with E-state index in [2.05, 4.69) is 10.2 Å². The van der Waals surface area contributed by atoms with Crippen molar-refractivity contribution in [2.24, 2.45) is 23.7 Å². The van der Waals surface area contributed by atoms with Gasteiger partial charge in [-0.05, 0) is 85.5 Å². The molecule has 468 valence electrons. The molecule has 5 rings (SSSR count). The second-order valence-electron chi connectivity index (χ2n) is 23.7. The Hall–Kier alpha value is -8.58. The Kier molecular flexibility index (Phi) is 24.2. The molecule has 0 spiro atoms. The minimum absolute atomic E-state index is 0.00662. The van der Waals surface area contributed by atoms with Crippen LogP contribution in [0.15, 0.2) is 73.3 Å². The molecule has 26 nitrogen and oxygen atoms in total. The molecule has 1 aliphatic rings. The molecule has 1 fully saturated rings. The molecule has 8 atom stereocenters. The predicted molar refractivity (Wildman–Crippen MR) is 311 cm³/mol. The average Bonchev–Trinajstić information content (AvgIpc) is 2.30. The van der Waals surface area contributed by atoms with Crippen LogP contribution in [0.1, 0.15) is 117 Å². The zero-order valence-electron chi connectivity index (χ0n) is 51.5. The summed E-state index contributed by atoms with van der Waals surface area (Å²) in [6, 6.07) is 8.07. The van der Waals surface area contributed by atoms with E-state index >= 15 is 9.59 Å². The summed E-state index contributed by atoms with van der Waals surface area (Å²) in [5.41, 5.74) is 1.74. The first-order chi connectivity index (χ1) is 40.3.